The fourth-order valence-corrected chi connectivity index (χ4v) is 8.30. The molecule has 0 saturated heterocycles. The van der Waals surface area contributed by atoms with Gasteiger partial charge in [-0.1, -0.05) is 0 Å². The minimum Gasteiger partial charge on any atom is -0.320 e. The molecule has 4 aromatic rings. The molecular formula is C43H62N9O9+3. The third-order valence-corrected chi connectivity index (χ3v) is 13.0. The minimum atomic E-state index is -0.682. The lowest BCUT2D eigenvalue weighted by molar-refractivity contribution is -0.938. The highest BCUT2D eigenvalue weighted by Gasteiger charge is 2.30. The predicted octanol–water partition coefficient (Wildman–Crippen LogP) is 5.46. The number of aromatic nitrogens is 3. The molecule has 1 aromatic heterocycles. The molecule has 18 heteroatoms. The standard InChI is InChI=1S/C43H62N9O9/c1-7-50(8-2,32-35-14-20-38(21-15-35)47(56)57)29-13-26-44-41(53)45(27-30-51(9-3,10-4)33-36-16-22-39(23-17-36)48(58)59)43(55)46(42(44)54)28-31-52(11-5,12-6)34-37-18-24-40(25-19-37)49(60)61/h14-25H,7-13,26-34H2,1-6H3/q+3. The van der Waals surface area contributed by atoms with Crippen LogP contribution >= 0.6 is 0 Å². The van der Waals surface area contributed by atoms with Crippen molar-refractivity contribution >= 4 is 17.1 Å². The summed E-state index contributed by atoms with van der Waals surface area (Å²) in [5.41, 5.74) is 0.666. The van der Waals surface area contributed by atoms with E-state index in [0.717, 1.165) is 29.8 Å². The number of quaternary nitrogens is 3. The lowest BCUT2D eigenvalue weighted by Crippen LogP contribution is -2.59. The number of non-ortho nitro benzene ring substituents is 3. The van der Waals surface area contributed by atoms with E-state index in [1.807, 2.05) is 27.7 Å². The van der Waals surface area contributed by atoms with E-state index in [2.05, 4.69) is 13.8 Å². The van der Waals surface area contributed by atoms with Crippen LogP contribution in [0.15, 0.2) is 87.2 Å². The lowest BCUT2D eigenvalue weighted by Gasteiger charge is -2.38. The predicted molar refractivity (Wildman–Crippen MR) is 233 cm³/mol. The molecule has 0 amide bonds. The Balaban J connectivity index is 1.70. The maximum Gasteiger partial charge on any atom is 0.336 e. The second-order valence-corrected chi connectivity index (χ2v) is 16.0. The summed E-state index contributed by atoms with van der Waals surface area (Å²) in [4.78, 5) is 75.6. The van der Waals surface area contributed by atoms with Gasteiger partial charge in [0.05, 0.1) is 86.8 Å². The number of benzene rings is 3. The average Bonchev–Trinajstić information content (AvgIpc) is 3.26. The SMILES string of the molecule is CC[N+](CC)(CCCn1c(=O)n(CC[N+](CC)(CC)Cc2ccc([N+](=O)[O-])cc2)c(=O)n(CC[N+](CC)(CC)Cc2ccc([N+](=O)[O-])cc2)c1=O)Cc1ccc([N+](=O)[O-])cc1. The normalized spacial score (nSPS) is 12.1. The highest BCUT2D eigenvalue weighted by Crippen LogP contribution is 2.21. The molecule has 0 fully saturated rings. The van der Waals surface area contributed by atoms with Crippen LogP contribution in [0.4, 0.5) is 17.1 Å². The molecule has 0 saturated carbocycles. The summed E-state index contributed by atoms with van der Waals surface area (Å²) in [6, 6.07) is 19.3. The van der Waals surface area contributed by atoms with E-state index in [1.165, 1.54) is 50.1 Å². The number of likely N-dealkylation sites (N-methyl/N-ethyl adjacent to an activating group) is 2. The molecule has 0 unspecified atom stereocenters. The molecule has 3 aromatic carbocycles. The number of hydrogen-bond acceptors (Lipinski definition) is 9. The van der Waals surface area contributed by atoms with Gasteiger partial charge >= 0.3 is 17.1 Å². The Bertz CT molecular complexity index is 2170. The van der Waals surface area contributed by atoms with E-state index in [1.54, 1.807) is 36.4 Å². The van der Waals surface area contributed by atoms with Crippen molar-refractivity contribution in [2.75, 3.05) is 58.9 Å². The summed E-state index contributed by atoms with van der Waals surface area (Å²) in [6.45, 7) is 19.6. The van der Waals surface area contributed by atoms with Crippen LogP contribution in [0.1, 0.15) is 64.7 Å². The Morgan fingerprint density at radius 3 is 0.902 bits per heavy atom. The van der Waals surface area contributed by atoms with Crippen molar-refractivity contribution in [3.8, 4) is 0 Å². The van der Waals surface area contributed by atoms with Crippen LogP contribution in [-0.4, -0.2) is 101 Å². The van der Waals surface area contributed by atoms with E-state index >= 15 is 0 Å². The van der Waals surface area contributed by atoms with Crippen molar-refractivity contribution in [1.29, 1.82) is 0 Å². The van der Waals surface area contributed by atoms with Gasteiger partial charge in [-0.2, -0.15) is 0 Å². The van der Waals surface area contributed by atoms with Crippen LogP contribution < -0.4 is 17.1 Å². The molecule has 18 nitrogen and oxygen atoms in total. The Hall–Kier alpha value is -5.85. The van der Waals surface area contributed by atoms with E-state index in [-0.39, 0.29) is 36.7 Å². The molecule has 0 aliphatic heterocycles. The van der Waals surface area contributed by atoms with Gasteiger partial charge in [-0.3, -0.25) is 30.3 Å². The van der Waals surface area contributed by atoms with Crippen LogP contribution in [0.3, 0.4) is 0 Å². The lowest BCUT2D eigenvalue weighted by atomic mass is 10.1. The molecule has 0 aliphatic carbocycles. The van der Waals surface area contributed by atoms with E-state index in [4.69, 9.17) is 0 Å². The molecule has 1 heterocycles. The summed E-state index contributed by atoms with van der Waals surface area (Å²) in [7, 11) is 0. The highest BCUT2D eigenvalue weighted by molar-refractivity contribution is 5.34. The van der Waals surface area contributed by atoms with Gasteiger partial charge in [0.25, 0.3) is 17.1 Å². The first-order chi connectivity index (χ1) is 29.0. The smallest absolute Gasteiger partial charge is 0.320 e. The first kappa shape index (κ1) is 47.8. The van der Waals surface area contributed by atoms with Crippen LogP contribution in [0, 0.1) is 30.3 Å². The summed E-state index contributed by atoms with van der Waals surface area (Å²) >= 11 is 0. The van der Waals surface area contributed by atoms with Crippen LogP contribution in [-0.2, 0) is 39.3 Å². The number of nitrogens with zero attached hydrogens (tertiary/aromatic N) is 9. The van der Waals surface area contributed by atoms with Gasteiger partial charge < -0.3 is 13.4 Å². The number of rotatable bonds is 25. The van der Waals surface area contributed by atoms with E-state index in [9.17, 15) is 44.7 Å². The van der Waals surface area contributed by atoms with Gasteiger partial charge in [0.15, 0.2) is 0 Å². The quantitative estimate of drug-likeness (QED) is 0.0473. The zero-order chi connectivity index (χ0) is 45.0. The molecule has 61 heavy (non-hydrogen) atoms. The molecule has 0 N–H and O–H groups in total. The van der Waals surface area contributed by atoms with Crippen molar-refractivity contribution in [2.45, 2.75) is 87.2 Å². The number of nitro benzene ring substituents is 3. The van der Waals surface area contributed by atoms with Gasteiger partial charge in [0.2, 0.25) is 0 Å². The first-order valence-corrected chi connectivity index (χ1v) is 21.2. The Morgan fingerprint density at radius 1 is 0.410 bits per heavy atom. The Kier molecular flexibility index (Phi) is 16.5. The van der Waals surface area contributed by atoms with Gasteiger partial charge in [0.1, 0.15) is 19.6 Å². The van der Waals surface area contributed by atoms with Gasteiger partial charge in [-0.15, -0.1) is 0 Å². The Morgan fingerprint density at radius 2 is 0.656 bits per heavy atom. The zero-order valence-electron chi connectivity index (χ0n) is 36.4. The first-order valence-electron chi connectivity index (χ1n) is 21.2. The van der Waals surface area contributed by atoms with Gasteiger partial charge in [0, 0.05) is 66.1 Å². The number of hydrogen-bond donors (Lipinski definition) is 0. The molecule has 0 atom stereocenters. The molecule has 4 rings (SSSR count). The van der Waals surface area contributed by atoms with Crippen LogP contribution in [0.5, 0.6) is 0 Å². The molecular weight excluding hydrogens is 787 g/mol. The third-order valence-electron chi connectivity index (χ3n) is 13.0. The van der Waals surface area contributed by atoms with Crippen molar-refractivity contribution in [2.24, 2.45) is 0 Å². The molecule has 330 valence electrons. The Labute approximate surface area is 355 Å². The van der Waals surface area contributed by atoms with Crippen molar-refractivity contribution in [3.63, 3.8) is 0 Å². The van der Waals surface area contributed by atoms with Crippen molar-refractivity contribution < 1.29 is 28.2 Å². The topological polar surface area (TPSA) is 195 Å². The largest absolute Gasteiger partial charge is 0.336 e. The monoisotopic (exact) mass is 848 g/mol. The summed E-state index contributed by atoms with van der Waals surface area (Å²) < 4.78 is 5.12. The average molecular weight is 849 g/mol. The second kappa shape index (κ2) is 21.1. The fourth-order valence-electron chi connectivity index (χ4n) is 8.30. The minimum absolute atomic E-state index is 0.00833. The second-order valence-electron chi connectivity index (χ2n) is 16.0. The van der Waals surface area contributed by atoms with Crippen LogP contribution in [0.2, 0.25) is 0 Å². The molecule has 0 aliphatic rings. The highest BCUT2D eigenvalue weighted by atomic mass is 16.6. The molecule has 0 spiro atoms. The van der Waals surface area contributed by atoms with E-state index < -0.39 is 31.8 Å². The van der Waals surface area contributed by atoms with E-state index in [0.29, 0.717) is 85.3 Å². The van der Waals surface area contributed by atoms with Crippen molar-refractivity contribution in [3.05, 3.63) is 151 Å². The van der Waals surface area contributed by atoms with Gasteiger partial charge in [-0.25, -0.2) is 28.1 Å². The fraction of sp³-hybridized carbons (Fsp3) is 0.512. The van der Waals surface area contributed by atoms with Crippen molar-refractivity contribution in [1.82, 2.24) is 13.7 Å². The summed E-state index contributed by atoms with van der Waals surface area (Å²) in [5, 5.41) is 33.8. The molecule has 0 radical (unpaired) electrons. The number of nitro groups is 3. The van der Waals surface area contributed by atoms with Gasteiger partial charge in [-0.05, 0) is 77.9 Å². The summed E-state index contributed by atoms with van der Waals surface area (Å²) in [5.74, 6) is 0. The molecule has 0 bridgehead atoms. The zero-order valence-corrected chi connectivity index (χ0v) is 36.4. The third kappa shape index (κ3) is 11.7. The maximum absolute atomic E-state index is 14.4. The van der Waals surface area contributed by atoms with Crippen LogP contribution in [0.25, 0.3) is 0 Å². The maximum atomic E-state index is 14.4. The summed E-state index contributed by atoms with van der Waals surface area (Å²) in [6.07, 6.45) is 0.455.